The highest BCUT2D eigenvalue weighted by atomic mass is 32.2. The van der Waals surface area contributed by atoms with Gasteiger partial charge in [-0.25, -0.2) is 0 Å². The van der Waals surface area contributed by atoms with Crippen molar-refractivity contribution in [1.82, 2.24) is 0 Å². The lowest BCUT2D eigenvalue weighted by Crippen LogP contribution is -2.17. The molecule has 1 aliphatic heterocycles. The van der Waals surface area contributed by atoms with Gasteiger partial charge in [-0.05, 0) is 30.3 Å². The van der Waals surface area contributed by atoms with Crippen LogP contribution in [0.1, 0.15) is 19.8 Å². The van der Waals surface area contributed by atoms with Crippen molar-refractivity contribution in [2.24, 2.45) is 11.8 Å². The predicted molar refractivity (Wildman–Crippen MR) is 48.0 cm³/mol. The highest BCUT2D eigenvalue weighted by Crippen LogP contribution is 2.27. The van der Waals surface area contributed by atoms with Gasteiger partial charge in [-0.15, -0.1) is 12.3 Å². The van der Waals surface area contributed by atoms with Gasteiger partial charge >= 0.3 is 0 Å². The van der Waals surface area contributed by atoms with Gasteiger partial charge in [-0.2, -0.15) is 11.8 Å². The summed E-state index contributed by atoms with van der Waals surface area (Å²) in [5.74, 6) is 6.73. The second kappa shape index (κ2) is 3.93. The third-order valence-corrected chi connectivity index (χ3v) is 3.41. The molecule has 0 aliphatic carbocycles. The molecule has 1 rings (SSSR count). The van der Waals surface area contributed by atoms with Crippen LogP contribution in [0.3, 0.4) is 0 Å². The van der Waals surface area contributed by atoms with E-state index in [-0.39, 0.29) is 0 Å². The van der Waals surface area contributed by atoms with Crippen molar-refractivity contribution in [2.45, 2.75) is 19.8 Å². The van der Waals surface area contributed by atoms with Gasteiger partial charge in [0, 0.05) is 5.92 Å². The second-order valence-corrected chi connectivity index (χ2v) is 4.08. The predicted octanol–water partition coefficient (Wildman–Crippen LogP) is 2.40. The molecule has 0 aromatic heterocycles. The van der Waals surface area contributed by atoms with E-state index in [9.17, 15) is 0 Å². The van der Waals surface area contributed by atoms with Crippen LogP contribution in [0.4, 0.5) is 0 Å². The highest BCUT2D eigenvalue weighted by molar-refractivity contribution is 7.99. The first-order valence-corrected chi connectivity index (χ1v) is 5.04. The first-order valence-electron chi connectivity index (χ1n) is 3.88. The lowest BCUT2D eigenvalue weighted by atomic mass is 9.92. The molecule has 0 N–H and O–H groups in total. The van der Waals surface area contributed by atoms with Crippen molar-refractivity contribution >= 4 is 11.8 Å². The van der Waals surface area contributed by atoms with Crippen molar-refractivity contribution in [1.29, 1.82) is 0 Å². The molecule has 1 heteroatoms. The Hall–Kier alpha value is -0.0900. The number of hydrogen-bond donors (Lipinski definition) is 0. The molecule has 0 amide bonds. The maximum atomic E-state index is 5.34. The molecule has 0 bridgehead atoms. The summed E-state index contributed by atoms with van der Waals surface area (Å²) in [4.78, 5) is 0. The first-order chi connectivity index (χ1) is 4.84. The molecule has 0 radical (unpaired) electrons. The molecule has 2 atom stereocenters. The van der Waals surface area contributed by atoms with E-state index in [2.05, 4.69) is 24.6 Å². The fraction of sp³-hybridized carbons (Fsp3) is 0.778. The zero-order chi connectivity index (χ0) is 7.40. The Bertz CT molecular complexity index is 128. The van der Waals surface area contributed by atoms with E-state index >= 15 is 0 Å². The summed E-state index contributed by atoms with van der Waals surface area (Å²) in [6.07, 6.45) is 8.05. The quantitative estimate of drug-likeness (QED) is 0.523. The van der Waals surface area contributed by atoms with Gasteiger partial charge in [0.05, 0.1) is 0 Å². The Kier molecular flexibility index (Phi) is 3.15. The minimum Gasteiger partial charge on any atom is -0.162 e. The maximum Gasteiger partial charge on any atom is 0.0208 e. The third-order valence-electron chi connectivity index (χ3n) is 2.17. The Labute approximate surface area is 67.8 Å². The average molecular weight is 154 g/mol. The van der Waals surface area contributed by atoms with E-state index in [0.717, 1.165) is 5.92 Å². The van der Waals surface area contributed by atoms with Crippen LogP contribution in [0.2, 0.25) is 0 Å². The van der Waals surface area contributed by atoms with E-state index in [1.807, 2.05) is 0 Å². The molecule has 56 valence electrons. The molecule has 0 aromatic rings. The van der Waals surface area contributed by atoms with Crippen molar-refractivity contribution in [3.05, 3.63) is 0 Å². The molecule has 1 heterocycles. The Morgan fingerprint density at radius 3 is 3.00 bits per heavy atom. The summed E-state index contributed by atoms with van der Waals surface area (Å²) >= 11 is 2.05. The van der Waals surface area contributed by atoms with Gasteiger partial charge in [0.25, 0.3) is 0 Å². The minimum atomic E-state index is 0.493. The van der Waals surface area contributed by atoms with Crippen LogP contribution in [0.5, 0.6) is 0 Å². The van der Waals surface area contributed by atoms with E-state index in [4.69, 9.17) is 6.42 Å². The van der Waals surface area contributed by atoms with Gasteiger partial charge in [-0.1, -0.05) is 6.92 Å². The molecule has 0 aromatic carbocycles. The fourth-order valence-electron chi connectivity index (χ4n) is 1.30. The Morgan fingerprint density at radius 1 is 1.70 bits per heavy atom. The van der Waals surface area contributed by atoms with Gasteiger partial charge in [0.15, 0.2) is 0 Å². The van der Waals surface area contributed by atoms with Crippen LogP contribution >= 0.6 is 11.8 Å². The molecular weight excluding hydrogens is 140 g/mol. The van der Waals surface area contributed by atoms with Gasteiger partial charge in [-0.3, -0.25) is 0 Å². The largest absolute Gasteiger partial charge is 0.162 e. The molecule has 1 fully saturated rings. The van der Waals surface area contributed by atoms with Crippen molar-refractivity contribution in [2.75, 3.05) is 11.5 Å². The maximum absolute atomic E-state index is 5.34. The average Bonchev–Trinajstić information content (AvgIpc) is 2.05. The third kappa shape index (κ3) is 1.95. The molecule has 0 spiro atoms. The van der Waals surface area contributed by atoms with E-state index in [1.54, 1.807) is 0 Å². The summed E-state index contributed by atoms with van der Waals surface area (Å²) in [5.41, 5.74) is 0. The summed E-state index contributed by atoms with van der Waals surface area (Å²) < 4.78 is 0. The lowest BCUT2D eigenvalue weighted by Gasteiger charge is -2.23. The molecule has 1 aliphatic rings. The van der Waals surface area contributed by atoms with Crippen LogP contribution in [-0.4, -0.2) is 11.5 Å². The normalized spacial score (nSPS) is 29.0. The summed E-state index contributed by atoms with van der Waals surface area (Å²) in [6.45, 7) is 2.16. The van der Waals surface area contributed by atoms with E-state index < -0.39 is 0 Å². The summed E-state index contributed by atoms with van der Waals surface area (Å²) in [5, 5.41) is 0. The highest BCUT2D eigenvalue weighted by Gasteiger charge is 2.17. The monoisotopic (exact) mass is 154 g/mol. The van der Waals surface area contributed by atoms with Crippen molar-refractivity contribution < 1.29 is 0 Å². The smallest absolute Gasteiger partial charge is 0.0208 e. The zero-order valence-corrected chi connectivity index (χ0v) is 7.29. The lowest BCUT2D eigenvalue weighted by molar-refractivity contribution is 0.435. The molecular formula is C9H14S. The molecule has 2 unspecified atom stereocenters. The van der Waals surface area contributed by atoms with Crippen LogP contribution in [0.15, 0.2) is 0 Å². The van der Waals surface area contributed by atoms with Gasteiger partial charge in [0.2, 0.25) is 0 Å². The van der Waals surface area contributed by atoms with E-state index in [0.29, 0.717) is 5.92 Å². The molecule has 0 saturated carbocycles. The number of hydrogen-bond acceptors (Lipinski definition) is 1. The number of terminal acetylenes is 1. The van der Waals surface area contributed by atoms with Crippen LogP contribution in [0, 0.1) is 24.2 Å². The second-order valence-electron chi connectivity index (χ2n) is 2.93. The van der Waals surface area contributed by atoms with Crippen molar-refractivity contribution in [3.8, 4) is 12.3 Å². The first kappa shape index (κ1) is 8.01. The summed E-state index contributed by atoms with van der Waals surface area (Å²) in [6, 6.07) is 0. The van der Waals surface area contributed by atoms with Gasteiger partial charge < -0.3 is 0 Å². The summed E-state index contributed by atoms with van der Waals surface area (Å²) in [7, 11) is 0. The number of rotatable bonds is 1. The minimum absolute atomic E-state index is 0.493. The zero-order valence-electron chi connectivity index (χ0n) is 6.47. The van der Waals surface area contributed by atoms with Crippen LogP contribution in [-0.2, 0) is 0 Å². The topological polar surface area (TPSA) is 0 Å². The standard InChI is InChI=1S/C9H14S/c1-3-8(2)9-5-4-6-10-7-9/h1,8-9H,4-7H2,2H3. The number of thioether (sulfide) groups is 1. The van der Waals surface area contributed by atoms with Crippen LogP contribution in [0.25, 0.3) is 0 Å². The Morgan fingerprint density at radius 2 is 2.50 bits per heavy atom. The SMILES string of the molecule is C#CC(C)C1CCCSC1. The van der Waals surface area contributed by atoms with Crippen LogP contribution < -0.4 is 0 Å². The molecule has 1 saturated heterocycles. The van der Waals surface area contributed by atoms with E-state index in [1.165, 1.54) is 24.3 Å². The fourth-order valence-corrected chi connectivity index (χ4v) is 2.59. The van der Waals surface area contributed by atoms with Gasteiger partial charge in [0.1, 0.15) is 0 Å². The Balaban J connectivity index is 2.33. The van der Waals surface area contributed by atoms with Crippen molar-refractivity contribution in [3.63, 3.8) is 0 Å². The molecule has 0 nitrogen and oxygen atoms in total. The molecule has 10 heavy (non-hydrogen) atoms.